The molecule has 0 radical (unpaired) electrons. The van der Waals surface area contributed by atoms with E-state index in [0.29, 0.717) is 24.9 Å². The molecular formula is C24H37N5O2. The summed E-state index contributed by atoms with van der Waals surface area (Å²) < 4.78 is 1.87. The van der Waals surface area contributed by atoms with Crippen LogP contribution in [-0.4, -0.2) is 58.0 Å². The third-order valence-electron chi connectivity index (χ3n) is 6.23. The van der Waals surface area contributed by atoms with Crippen LogP contribution in [0.1, 0.15) is 64.2 Å². The molecule has 2 heterocycles. The Balaban J connectivity index is 1.74. The number of hydrogen-bond acceptors (Lipinski definition) is 5. The number of nitrogens with two attached hydrogens (primary N) is 1. The van der Waals surface area contributed by atoms with Crippen LogP contribution in [-0.2, 0) is 11.3 Å². The van der Waals surface area contributed by atoms with Crippen LogP contribution >= 0.6 is 0 Å². The number of nitrogens with zero attached hydrogens (tertiary/aromatic N) is 4. The first-order valence-corrected chi connectivity index (χ1v) is 11.8. The second-order valence-electron chi connectivity index (χ2n) is 8.38. The molecule has 0 bridgehead atoms. The van der Waals surface area contributed by atoms with Gasteiger partial charge in [0.15, 0.2) is 0 Å². The summed E-state index contributed by atoms with van der Waals surface area (Å²) in [6, 6.07) is 7.68. The summed E-state index contributed by atoms with van der Waals surface area (Å²) >= 11 is 0. The van der Waals surface area contributed by atoms with Crippen LogP contribution in [0.25, 0.3) is 10.9 Å². The summed E-state index contributed by atoms with van der Waals surface area (Å²) in [6.45, 7) is 8.68. The van der Waals surface area contributed by atoms with Gasteiger partial charge in [0.05, 0.1) is 16.9 Å². The Labute approximate surface area is 185 Å². The standard InChI is InChI=1S/C24H37N5O2/c1-3-14-29-23(26-20-11-8-7-10-19(20)24(29)31)21(4-2)27-15-17-28(18-16-27)22(30)12-6-5-9-13-25/h7-8,10-11,21H,3-6,9,12-18,25H2,1-2H3/t21-/m1/s1. The van der Waals surface area contributed by atoms with Crippen molar-refractivity contribution in [1.82, 2.24) is 19.4 Å². The van der Waals surface area contributed by atoms with Gasteiger partial charge >= 0.3 is 0 Å². The zero-order valence-electron chi connectivity index (χ0n) is 19.1. The molecule has 7 heteroatoms. The lowest BCUT2D eigenvalue weighted by molar-refractivity contribution is -0.133. The number of rotatable bonds is 10. The Kier molecular flexibility index (Phi) is 8.60. The van der Waals surface area contributed by atoms with E-state index in [2.05, 4.69) is 18.7 Å². The highest BCUT2D eigenvalue weighted by atomic mass is 16.2. The van der Waals surface area contributed by atoms with Crippen molar-refractivity contribution in [3.63, 3.8) is 0 Å². The number of carbonyl (C=O) groups is 1. The fourth-order valence-electron chi connectivity index (χ4n) is 4.52. The summed E-state index contributed by atoms with van der Waals surface area (Å²) in [7, 11) is 0. The lowest BCUT2D eigenvalue weighted by atomic mass is 10.1. The molecule has 31 heavy (non-hydrogen) atoms. The van der Waals surface area contributed by atoms with Crippen molar-refractivity contribution in [1.29, 1.82) is 0 Å². The zero-order valence-corrected chi connectivity index (χ0v) is 19.1. The van der Waals surface area contributed by atoms with Crippen LogP contribution in [0.4, 0.5) is 0 Å². The van der Waals surface area contributed by atoms with Crippen molar-refractivity contribution in [3.8, 4) is 0 Å². The number of fused-ring (bicyclic) bond motifs is 1. The van der Waals surface area contributed by atoms with E-state index in [4.69, 9.17) is 10.7 Å². The van der Waals surface area contributed by atoms with Crippen molar-refractivity contribution in [2.45, 2.75) is 65.0 Å². The van der Waals surface area contributed by atoms with Gasteiger partial charge in [0, 0.05) is 39.1 Å². The van der Waals surface area contributed by atoms with Gasteiger partial charge in [-0.05, 0) is 44.4 Å². The Bertz CT molecular complexity index is 918. The molecule has 2 aromatic rings. The van der Waals surface area contributed by atoms with E-state index in [1.807, 2.05) is 33.7 Å². The molecule has 1 atom stereocenters. The molecule has 1 amide bonds. The topological polar surface area (TPSA) is 84.5 Å². The number of benzene rings is 1. The Morgan fingerprint density at radius 3 is 2.52 bits per heavy atom. The van der Waals surface area contributed by atoms with Gasteiger partial charge in [-0.1, -0.05) is 32.4 Å². The van der Waals surface area contributed by atoms with Crippen LogP contribution in [0.5, 0.6) is 0 Å². The van der Waals surface area contributed by atoms with Gasteiger partial charge in [-0.15, -0.1) is 0 Å². The van der Waals surface area contributed by atoms with Crippen LogP contribution in [0.15, 0.2) is 29.1 Å². The number of aromatic nitrogens is 2. The zero-order chi connectivity index (χ0) is 22.2. The summed E-state index contributed by atoms with van der Waals surface area (Å²) in [5, 5.41) is 0.680. The van der Waals surface area contributed by atoms with Crippen molar-refractivity contribution in [2.24, 2.45) is 5.73 Å². The highest BCUT2D eigenvalue weighted by Gasteiger charge is 2.29. The highest BCUT2D eigenvalue weighted by molar-refractivity contribution is 5.77. The smallest absolute Gasteiger partial charge is 0.261 e. The minimum absolute atomic E-state index is 0.0483. The Morgan fingerprint density at radius 2 is 1.84 bits per heavy atom. The average Bonchev–Trinajstić information content (AvgIpc) is 2.80. The molecule has 0 unspecified atom stereocenters. The molecule has 0 aliphatic carbocycles. The molecule has 3 rings (SSSR count). The minimum atomic E-state index is 0.0483. The summed E-state index contributed by atoms with van der Waals surface area (Å²) in [6.07, 6.45) is 5.29. The first kappa shape index (κ1) is 23.4. The van der Waals surface area contributed by atoms with Crippen molar-refractivity contribution < 1.29 is 4.79 Å². The second-order valence-corrected chi connectivity index (χ2v) is 8.38. The number of amides is 1. The van der Waals surface area contributed by atoms with Gasteiger partial charge < -0.3 is 10.6 Å². The first-order valence-electron chi connectivity index (χ1n) is 11.8. The molecule has 2 N–H and O–H groups in total. The van der Waals surface area contributed by atoms with Gasteiger partial charge in [-0.3, -0.25) is 19.1 Å². The van der Waals surface area contributed by atoms with Crippen molar-refractivity contribution >= 4 is 16.8 Å². The van der Waals surface area contributed by atoms with Crippen molar-refractivity contribution in [3.05, 3.63) is 40.4 Å². The minimum Gasteiger partial charge on any atom is -0.340 e. The predicted molar refractivity (Wildman–Crippen MR) is 125 cm³/mol. The molecule has 0 spiro atoms. The largest absolute Gasteiger partial charge is 0.340 e. The lowest BCUT2D eigenvalue weighted by Crippen LogP contribution is -2.50. The van der Waals surface area contributed by atoms with Gasteiger partial charge in [-0.2, -0.15) is 0 Å². The summed E-state index contributed by atoms with van der Waals surface area (Å²) in [5.74, 6) is 1.10. The third-order valence-corrected chi connectivity index (χ3v) is 6.23. The van der Waals surface area contributed by atoms with Gasteiger partial charge in [-0.25, -0.2) is 4.98 Å². The number of para-hydroxylation sites is 1. The normalized spacial score (nSPS) is 16.0. The molecule has 7 nitrogen and oxygen atoms in total. The van der Waals surface area contributed by atoms with Gasteiger partial charge in [0.25, 0.3) is 5.56 Å². The summed E-state index contributed by atoms with van der Waals surface area (Å²) in [5.41, 5.74) is 6.35. The molecule has 0 saturated carbocycles. The molecule has 1 aromatic heterocycles. The lowest BCUT2D eigenvalue weighted by Gasteiger charge is -2.39. The van der Waals surface area contributed by atoms with E-state index in [0.717, 1.165) is 69.6 Å². The first-order chi connectivity index (χ1) is 15.1. The predicted octanol–water partition coefficient (Wildman–Crippen LogP) is 2.92. The van der Waals surface area contributed by atoms with E-state index in [1.165, 1.54) is 0 Å². The molecule has 1 fully saturated rings. The van der Waals surface area contributed by atoms with Gasteiger partial charge in [0.1, 0.15) is 5.82 Å². The maximum absolute atomic E-state index is 13.2. The van der Waals surface area contributed by atoms with Crippen LogP contribution in [0.2, 0.25) is 0 Å². The maximum atomic E-state index is 13.2. The van der Waals surface area contributed by atoms with E-state index in [1.54, 1.807) is 0 Å². The molecule has 1 aliphatic heterocycles. The third kappa shape index (κ3) is 5.52. The van der Waals surface area contributed by atoms with E-state index in [9.17, 15) is 9.59 Å². The number of piperazine rings is 1. The van der Waals surface area contributed by atoms with E-state index < -0.39 is 0 Å². The SMILES string of the molecule is CCCn1c([C@@H](CC)N2CCN(C(=O)CCCCCN)CC2)nc2ccccc2c1=O. The van der Waals surface area contributed by atoms with Crippen LogP contribution in [0.3, 0.4) is 0 Å². The number of carbonyl (C=O) groups excluding carboxylic acids is 1. The average molecular weight is 428 g/mol. The Morgan fingerprint density at radius 1 is 1.10 bits per heavy atom. The molecular weight excluding hydrogens is 390 g/mol. The number of hydrogen-bond donors (Lipinski definition) is 1. The molecule has 1 aromatic carbocycles. The molecule has 1 saturated heterocycles. The second kappa shape index (κ2) is 11.4. The van der Waals surface area contributed by atoms with Crippen LogP contribution in [0, 0.1) is 0 Å². The van der Waals surface area contributed by atoms with Gasteiger partial charge in [0.2, 0.25) is 5.91 Å². The van der Waals surface area contributed by atoms with E-state index >= 15 is 0 Å². The monoisotopic (exact) mass is 427 g/mol. The fraction of sp³-hybridized carbons (Fsp3) is 0.625. The number of unbranched alkanes of at least 4 members (excludes halogenated alkanes) is 2. The van der Waals surface area contributed by atoms with Crippen molar-refractivity contribution in [2.75, 3.05) is 32.7 Å². The van der Waals surface area contributed by atoms with Crippen LogP contribution < -0.4 is 11.3 Å². The maximum Gasteiger partial charge on any atom is 0.261 e. The molecule has 1 aliphatic rings. The van der Waals surface area contributed by atoms with E-state index in [-0.39, 0.29) is 17.5 Å². The molecule has 170 valence electrons. The Hall–Kier alpha value is -2.25. The fourth-order valence-corrected chi connectivity index (χ4v) is 4.52. The quantitative estimate of drug-likeness (QED) is 0.590. The highest BCUT2D eigenvalue weighted by Crippen LogP contribution is 2.25. The summed E-state index contributed by atoms with van der Waals surface area (Å²) in [4.78, 5) is 35.0.